The van der Waals surface area contributed by atoms with E-state index < -0.39 is 0 Å². The first kappa shape index (κ1) is 15.4. The smallest absolute Gasteiger partial charge is 0.319 e. The van der Waals surface area contributed by atoms with Crippen molar-refractivity contribution in [1.82, 2.24) is 15.1 Å². The average Bonchev–Trinajstić information content (AvgIpc) is 2.85. The van der Waals surface area contributed by atoms with Gasteiger partial charge in [0.1, 0.15) is 0 Å². The number of nitrogens with zero attached hydrogens (tertiary/aromatic N) is 2. The van der Waals surface area contributed by atoms with Crippen LogP contribution in [0.25, 0.3) is 0 Å². The highest BCUT2D eigenvalue weighted by Crippen LogP contribution is 2.13. The summed E-state index contributed by atoms with van der Waals surface area (Å²) in [6.07, 6.45) is 1.78. The van der Waals surface area contributed by atoms with Crippen molar-refractivity contribution in [1.29, 1.82) is 0 Å². The highest BCUT2D eigenvalue weighted by atomic mass is 35.5. The molecule has 1 heterocycles. The SMILES string of the molecule is Cc1ccnn1C[C@H](C)CNC(=O)Nc1ccc(Cl)cc1. The van der Waals surface area contributed by atoms with Crippen molar-refractivity contribution in [2.24, 2.45) is 5.92 Å². The predicted octanol–water partition coefficient (Wildman–Crippen LogP) is 3.30. The van der Waals surface area contributed by atoms with E-state index in [1.165, 1.54) is 0 Å². The van der Waals surface area contributed by atoms with E-state index in [-0.39, 0.29) is 6.03 Å². The van der Waals surface area contributed by atoms with Gasteiger partial charge in [0.05, 0.1) is 0 Å². The molecule has 0 aliphatic carbocycles. The first-order valence-corrected chi connectivity index (χ1v) is 7.21. The van der Waals surface area contributed by atoms with Crippen LogP contribution in [0.15, 0.2) is 36.5 Å². The van der Waals surface area contributed by atoms with Crippen molar-refractivity contribution < 1.29 is 4.79 Å². The summed E-state index contributed by atoms with van der Waals surface area (Å²) in [5.74, 6) is 0.291. The molecule has 0 bridgehead atoms. The highest BCUT2D eigenvalue weighted by molar-refractivity contribution is 6.30. The van der Waals surface area contributed by atoms with Gasteiger partial charge >= 0.3 is 6.03 Å². The minimum atomic E-state index is -0.221. The number of urea groups is 1. The second-order valence-corrected chi connectivity index (χ2v) is 5.54. The van der Waals surface area contributed by atoms with Gasteiger partial charge in [0.15, 0.2) is 0 Å². The number of carbonyl (C=O) groups excluding carboxylic acids is 1. The quantitative estimate of drug-likeness (QED) is 0.890. The van der Waals surface area contributed by atoms with Crippen LogP contribution in [-0.4, -0.2) is 22.4 Å². The lowest BCUT2D eigenvalue weighted by atomic mass is 10.2. The molecule has 0 aliphatic heterocycles. The third kappa shape index (κ3) is 4.79. The van der Waals surface area contributed by atoms with Crippen LogP contribution in [-0.2, 0) is 6.54 Å². The number of hydrogen-bond donors (Lipinski definition) is 2. The van der Waals surface area contributed by atoms with Crippen LogP contribution < -0.4 is 10.6 Å². The minimum absolute atomic E-state index is 0.221. The number of hydrogen-bond acceptors (Lipinski definition) is 2. The zero-order chi connectivity index (χ0) is 15.2. The Morgan fingerprint density at radius 2 is 2.05 bits per heavy atom. The summed E-state index contributed by atoms with van der Waals surface area (Å²) < 4.78 is 1.93. The highest BCUT2D eigenvalue weighted by Gasteiger charge is 2.08. The summed E-state index contributed by atoms with van der Waals surface area (Å²) in [6, 6.07) is 8.74. The number of halogens is 1. The van der Waals surface area contributed by atoms with Crippen molar-refractivity contribution in [3.05, 3.63) is 47.2 Å². The first-order chi connectivity index (χ1) is 10.0. The Balaban J connectivity index is 1.75. The lowest BCUT2D eigenvalue weighted by Gasteiger charge is -2.14. The Morgan fingerprint density at radius 3 is 2.67 bits per heavy atom. The van der Waals surface area contributed by atoms with Crippen LogP contribution in [0.4, 0.5) is 10.5 Å². The third-order valence-corrected chi connectivity index (χ3v) is 3.38. The lowest BCUT2D eigenvalue weighted by Crippen LogP contribution is -2.33. The molecular weight excluding hydrogens is 288 g/mol. The van der Waals surface area contributed by atoms with Crippen LogP contribution >= 0.6 is 11.6 Å². The van der Waals surface area contributed by atoms with E-state index in [9.17, 15) is 4.79 Å². The number of anilines is 1. The van der Waals surface area contributed by atoms with Gasteiger partial charge in [0, 0.05) is 35.7 Å². The maximum atomic E-state index is 11.8. The number of carbonyl (C=O) groups is 1. The second-order valence-electron chi connectivity index (χ2n) is 5.10. The van der Waals surface area contributed by atoms with Gasteiger partial charge in [-0.1, -0.05) is 18.5 Å². The van der Waals surface area contributed by atoms with Gasteiger partial charge in [-0.15, -0.1) is 0 Å². The molecule has 5 nitrogen and oxygen atoms in total. The summed E-state index contributed by atoms with van der Waals surface area (Å²) >= 11 is 5.79. The number of rotatable bonds is 5. The van der Waals surface area contributed by atoms with E-state index in [2.05, 4.69) is 22.7 Å². The van der Waals surface area contributed by atoms with Gasteiger partial charge in [-0.05, 0) is 43.2 Å². The van der Waals surface area contributed by atoms with Crippen molar-refractivity contribution in [3.8, 4) is 0 Å². The molecule has 0 saturated heterocycles. The number of nitrogens with one attached hydrogen (secondary N) is 2. The number of amides is 2. The van der Waals surface area contributed by atoms with Crippen molar-refractivity contribution in [2.75, 3.05) is 11.9 Å². The molecule has 2 N–H and O–H groups in total. The molecule has 0 fully saturated rings. The van der Waals surface area contributed by atoms with Crippen molar-refractivity contribution in [3.63, 3.8) is 0 Å². The molecule has 21 heavy (non-hydrogen) atoms. The molecule has 2 rings (SSSR count). The fourth-order valence-electron chi connectivity index (χ4n) is 1.93. The van der Waals surface area contributed by atoms with Crippen molar-refractivity contribution in [2.45, 2.75) is 20.4 Å². The molecule has 0 radical (unpaired) electrons. The maximum Gasteiger partial charge on any atom is 0.319 e. The lowest BCUT2D eigenvalue weighted by molar-refractivity contribution is 0.249. The van der Waals surface area contributed by atoms with Gasteiger partial charge in [0.25, 0.3) is 0 Å². The zero-order valence-electron chi connectivity index (χ0n) is 12.1. The van der Waals surface area contributed by atoms with Gasteiger partial charge in [-0.2, -0.15) is 5.10 Å². The number of aryl methyl sites for hydroxylation is 1. The summed E-state index contributed by atoms with van der Waals surface area (Å²) in [7, 11) is 0. The molecule has 0 saturated carbocycles. The van der Waals surface area contributed by atoms with E-state index in [4.69, 9.17) is 11.6 Å². The largest absolute Gasteiger partial charge is 0.338 e. The van der Waals surface area contributed by atoms with E-state index in [1.54, 1.807) is 30.5 Å². The molecule has 1 aromatic carbocycles. The molecule has 2 amide bonds. The Hall–Kier alpha value is -2.01. The maximum absolute atomic E-state index is 11.8. The van der Waals surface area contributed by atoms with Crippen molar-refractivity contribution >= 4 is 23.3 Å². The molecule has 6 heteroatoms. The van der Waals surface area contributed by atoms with Gasteiger partial charge in [0.2, 0.25) is 0 Å². The van der Waals surface area contributed by atoms with Crippen LogP contribution in [0.5, 0.6) is 0 Å². The number of benzene rings is 1. The molecule has 1 atom stereocenters. The molecule has 2 aromatic rings. The Labute approximate surface area is 129 Å². The topological polar surface area (TPSA) is 59.0 Å². The van der Waals surface area contributed by atoms with Crippen LogP contribution in [0.1, 0.15) is 12.6 Å². The molecule has 0 unspecified atom stereocenters. The summed E-state index contributed by atoms with van der Waals surface area (Å²) in [5.41, 5.74) is 1.83. The van der Waals surface area contributed by atoms with Gasteiger partial charge in [-0.3, -0.25) is 4.68 Å². The molecule has 0 aliphatic rings. The van der Waals surface area contributed by atoms with E-state index >= 15 is 0 Å². The summed E-state index contributed by atoms with van der Waals surface area (Å²) in [6.45, 7) is 5.45. The summed E-state index contributed by atoms with van der Waals surface area (Å²) in [5, 5.41) is 10.5. The second kappa shape index (κ2) is 7.13. The van der Waals surface area contributed by atoms with E-state index in [0.29, 0.717) is 23.2 Å². The molecule has 0 spiro atoms. The fraction of sp³-hybridized carbons (Fsp3) is 0.333. The van der Waals surface area contributed by atoms with E-state index in [0.717, 1.165) is 12.2 Å². The standard InChI is InChI=1S/C15H19ClN4O/c1-11(10-20-12(2)7-8-18-20)9-17-15(21)19-14-5-3-13(16)4-6-14/h3-8,11H,9-10H2,1-2H3,(H2,17,19,21)/t11-/m1/s1. The predicted molar refractivity (Wildman–Crippen MR) is 84.6 cm³/mol. The number of aromatic nitrogens is 2. The average molecular weight is 307 g/mol. The fourth-order valence-corrected chi connectivity index (χ4v) is 2.05. The minimum Gasteiger partial charge on any atom is -0.338 e. The normalized spacial score (nSPS) is 12.0. The van der Waals surface area contributed by atoms with Crippen LogP contribution in [0.3, 0.4) is 0 Å². The van der Waals surface area contributed by atoms with Crippen LogP contribution in [0, 0.1) is 12.8 Å². The third-order valence-electron chi connectivity index (χ3n) is 3.13. The van der Waals surface area contributed by atoms with Gasteiger partial charge < -0.3 is 10.6 Å². The first-order valence-electron chi connectivity index (χ1n) is 6.83. The van der Waals surface area contributed by atoms with E-state index in [1.807, 2.05) is 17.7 Å². The zero-order valence-corrected chi connectivity index (χ0v) is 12.9. The monoisotopic (exact) mass is 306 g/mol. The van der Waals surface area contributed by atoms with Gasteiger partial charge in [-0.25, -0.2) is 4.79 Å². The molecule has 1 aromatic heterocycles. The molecular formula is C15H19ClN4O. The molecule has 112 valence electrons. The Kier molecular flexibility index (Phi) is 5.22. The Bertz CT molecular complexity index is 594. The summed E-state index contributed by atoms with van der Waals surface area (Å²) in [4.78, 5) is 11.8. The van der Waals surface area contributed by atoms with Crippen LogP contribution in [0.2, 0.25) is 5.02 Å². The Morgan fingerprint density at radius 1 is 1.33 bits per heavy atom.